The molecule has 0 spiro atoms. The fraction of sp³-hybridized carbons (Fsp3) is 0.727. The van der Waals surface area contributed by atoms with Crippen LogP contribution in [0.2, 0.25) is 0 Å². The molecule has 1 aromatic heterocycles. The van der Waals surface area contributed by atoms with Crippen molar-refractivity contribution in [3.05, 3.63) is 6.33 Å². The molecule has 0 radical (unpaired) electrons. The third-order valence-electron chi connectivity index (χ3n) is 2.57. The molecule has 1 heterocycles. The Morgan fingerprint density at radius 3 is 2.67 bits per heavy atom. The van der Waals surface area contributed by atoms with Crippen LogP contribution in [0, 0.1) is 5.92 Å². The highest BCUT2D eigenvalue weighted by molar-refractivity contribution is 5.76. The van der Waals surface area contributed by atoms with Crippen LogP contribution in [0.15, 0.2) is 6.33 Å². The molecular formula is C11H22N6O. The molecule has 7 heteroatoms. The van der Waals surface area contributed by atoms with Crippen molar-refractivity contribution in [3.63, 3.8) is 0 Å². The van der Waals surface area contributed by atoms with Gasteiger partial charge in [-0.05, 0) is 20.0 Å². The van der Waals surface area contributed by atoms with Crippen molar-refractivity contribution in [2.24, 2.45) is 5.92 Å². The molecule has 0 saturated carbocycles. The van der Waals surface area contributed by atoms with Crippen molar-refractivity contribution in [1.82, 2.24) is 25.0 Å². The van der Waals surface area contributed by atoms with Crippen LogP contribution < -0.4 is 11.1 Å². The number of likely N-dealkylation sites (N-methyl/N-ethyl adjacent to an activating group) is 1. The van der Waals surface area contributed by atoms with Crippen molar-refractivity contribution in [3.8, 4) is 0 Å². The van der Waals surface area contributed by atoms with Gasteiger partial charge in [0.25, 0.3) is 0 Å². The summed E-state index contributed by atoms with van der Waals surface area (Å²) in [6.45, 7) is 5.12. The minimum atomic E-state index is -0.0829. The van der Waals surface area contributed by atoms with Crippen molar-refractivity contribution in [2.45, 2.75) is 26.4 Å². The van der Waals surface area contributed by atoms with Crippen LogP contribution >= 0.6 is 0 Å². The number of hydrogen-bond acceptors (Lipinski definition) is 5. The zero-order chi connectivity index (χ0) is 13.7. The lowest BCUT2D eigenvalue weighted by Gasteiger charge is -2.25. The van der Waals surface area contributed by atoms with Gasteiger partial charge in [0, 0.05) is 12.6 Å². The smallest absolute Gasteiger partial charge is 0.242 e. The van der Waals surface area contributed by atoms with E-state index in [1.807, 2.05) is 14.1 Å². The maximum Gasteiger partial charge on any atom is 0.242 e. The largest absolute Gasteiger partial charge is 0.367 e. The predicted octanol–water partition coefficient (Wildman–Crippen LogP) is -0.437. The molecule has 1 unspecified atom stereocenters. The van der Waals surface area contributed by atoms with Gasteiger partial charge in [-0.15, -0.1) is 5.10 Å². The monoisotopic (exact) mass is 254 g/mol. The summed E-state index contributed by atoms with van der Waals surface area (Å²) in [5.74, 6) is 0.467. The number of hydrogen-bond donors (Lipinski definition) is 2. The summed E-state index contributed by atoms with van der Waals surface area (Å²) >= 11 is 0. The Morgan fingerprint density at radius 2 is 2.22 bits per heavy atom. The highest BCUT2D eigenvalue weighted by atomic mass is 16.2. The summed E-state index contributed by atoms with van der Waals surface area (Å²) in [7, 11) is 3.97. The summed E-state index contributed by atoms with van der Waals surface area (Å²) in [6, 6.07) is 0.119. The van der Waals surface area contributed by atoms with Gasteiger partial charge in [0.15, 0.2) is 0 Å². The molecule has 1 aromatic rings. The van der Waals surface area contributed by atoms with Gasteiger partial charge in [0.2, 0.25) is 11.9 Å². The van der Waals surface area contributed by atoms with Crippen molar-refractivity contribution in [2.75, 3.05) is 26.4 Å². The van der Waals surface area contributed by atoms with Crippen molar-refractivity contribution in [1.29, 1.82) is 0 Å². The Bertz CT molecular complexity index is 387. The second kappa shape index (κ2) is 6.34. The van der Waals surface area contributed by atoms with Crippen LogP contribution in [0.4, 0.5) is 5.95 Å². The first-order chi connectivity index (χ1) is 8.38. The van der Waals surface area contributed by atoms with Crippen LogP contribution in [0.25, 0.3) is 0 Å². The molecule has 18 heavy (non-hydrogen) atoms. The van der Waals surface area contributed by atoms with Crippen LogP contribution in [0.1, 0.15) is 13.8 Å². The summed E-state index contributed by atoms with van der Waals surface area (Å²) in [4.78, 5) is 17.7. The fourth-order valence-corrected chi connectivity index (χ4v) is 1.60. The van der Waals surface area contributed by atoms with Crippen LogP contribution in [0.5, 0.6) is 0 Å². The first kappa shape index (κ1) is 14.4. The van der Waals surface area contributed by atoms with Crippen molar-refractivity contribution >= 4 is 11.9 Å². The predicted molar refractivity (Wildman–Crippen MR) is 69.8 cm³/mol. The van der Waals surface area contributed by atoms with E-state index in [4.69, 9.17) is 5.73 Å². The van der Waals surface area contributed by atoms with Crippen LogP contribution in [-0.4, -0.2) is 52.3 Å². The SMILES string of the molecule is CC(C)C(CN(C)C)NC(=O)Cn1cnc(N)n1. The number of carbonyl (C=O) groups excluding carboxylic acids is 1. The first-order valence-electron chi connectivity index (χ1n) is 5.97. The normalized spacial score (nSPS) is 13.0. The van der Waals surface area contributed by atoms with E-state index in [0.29, 0.717) is 5.92 Å². The van der Waals surface area contributed by atoms with Gasteiger partial charge in [-0.3, -0.25) is 4.79 Å². The quantitative estimate of drug-likeness (QED) is 0.718. The Labute approximate surface area is 107 Å². The van der Waals surface area contributed by atoms with E-state index in [1.165, 1.54) is 11.0 Å². The van der Waals surface area contributed by atoms with Gasteiger partial charge in [-0.25, -0.2) is 9.67 Å². The summed E-state index contributed by atoms with van der Waals surface area (Å²) < 4.78 is 1.43. The van der Waals surface area contributed by atoms with Gasteiger partial charge in [0.05, 0.1) is 0 Å². The molecule has 1 rings (SSSR count). The fourth-order valence-electron chi connectivity index (χ4n) is 1.60. The molecule has 102 valence electrons. The summed E-state index contributed by atoms with van der Waals surface area (Å²) in [6.07, 6.45) is 1.45. The lowest BCUT2D eigenvalue weighted by Crippen LogP contribution is -2.46. The topological polar surface area (TPSA) is 89.1 Å². The average molecular weight is 254 g/mol. The summed E-state index contributed by atoms with van der Waals surface area (Å²) in [5.41, 5.74) is 5.39. The molecule has 0 aliphatic carbocycles. The number of anilines is 1. The Hall–Kier alpha value is -1.63. The molecule has 1 atom stereocenters. The Balaban J connectivity index is 2.51. The lowest BCUT2D eigenvalue weighted by atomic mass is 10.0. The average Bonchev–Trinajstić information content (AvgIpc) is 2.62. The number of aromatic nitrogens is 3. The van der Waals surface area contributed by atoms with Crippen molar-refractivity contribution < 1.29 is 4.79 Å². The number of nitrogens with one attached hydrogen (secondary N) is 1. The maximum atomic E-state index is 11.9. The zero-order valence-corrected chi connectivity index (χ0v) is 11.4. The van der Waals surface area contributed by atoms with Crippen LogP contribution in [-0.2, 0) is 11.3 Å². The molecule has 3 N–H and O–H groups in total. The molecule has 0 aliphatic rings. The van der Waals surface area contributed by atoms with E-state index in [0.717, 1.165) is 6.54 Å². The maximum absolute atomic E-state index is 11.9. The Kier molecular flexibility index (Phi) is 5.08. The highest BCUT2D eigenvalue weighted by Crippen LogP contribution is 2.03. The Morgan fingerprint density at radius 1 is 1.56 bits per heavy atom. The number of amides is 1. The number of nitrogen functional groups attached to an aromatic ring is 1. The highest BCUT2D eigenvalue weighted by Gasteiger charge is 2.17. The van der Waals surface area contributed by atoms with Gasteiger partial charge < -0.3 is 16.0 Å². The minimum absolute atomic E-state index is 0.0829. The molecule has 0 aromatic carbocycles. The molecule has 1 amide bonds. The lowest BCUT2D eigenvalue weighted by molar-refractivity contribution is -0.123. The van der Waals surface area contributed by atoms with Gasteiger partial charge in [0.1, 0.15) is 12.9 Å². The molecule has 0 saturated heterocycles. The second-order valence-corrected chi connectivity index (χ2v) is 4.98. The van der Waals surface area contributed by atoms with Gasteiger partial charge in [-0.2, -0.15) is 0 Å². The third kappa shape index (κ3) is 4.70. The number of nitrogens with two attached hydrogens (primary N) is 1. The number of nitrogens with zero attached hydrogens (tertiary/aromatic N) is 4. The van der Waals surface area contributed by atoms with Gasteiger partial charge in [-0.1, -0.05) is 13.8 Å². The van der Waals surface area contributed by atoms with E-state index in [1.54, 1.807) is 0 Å². The van der Waals surface area contributed by atoms with E-state index >= 15 is 0 Å². The molecule has 0 fully saturated rings. The number of carbonyl (C=O) groups is 1. The molecular weight excluding hydrogens is 232 g/mol. The van der Waals surface area contributed by atoms with E-state index in [-0.39, 0.29) is 24.4 Å². The van der Waals surface area contributed by atoms with E-state index in [2.05, 4.69) is 34.1 Å². The molecule has 7 nitrogen and oxygen atoms in total. The van der Waals surface area contributed by atoms with Gasteiger partial charge >= 0.3 is 0 Å². The zero-order valence-electron chi connectivity index (χ0n) is 11.4. The molecule has 0 bridgehead atoms. The van der Waals surface area contributed by atoms with E-state index < -0.39 is 0 Å². The summed E-state index contributed by atoms with van der Waals surface area (Å²) in [5, 5.41) is 6.87. The van der Waals surface area contributed by atoms with Crippen LogP contribution in [0.3, 0.4) is 0 Å². The second-order valence-electron chi connectivity index (χ2n) is 4.98. The standard InChI is InChI=1S/C11H22N6O/c1-8(2)9(5-16(3)4)14-10(18)6-17-7-13-11(12)15-17/h7-9H,5-6H2,1-4H3,(H2,12,15)(H,14,18). The number of rotatable bonds is 6. The first-order valence-corrected chi connectivity index (χ1v) is 5.97. The minimum Gasteiger partial charge on any atom is -0.367 e. The van der Waals surface area contributed by atoms with E-state index in [9.17, 15) is 4.79 Å². The molecule has 0 aliphatic heterocycles. The third-order valence-corrected chi connectivity index (χ3v) is 2.57.